The number of rotatable bonds is 4. The molecule has 3 aromatic rings. The Bertz CT molecular complexity index is 783. The second-order valence-corrected chi connectivity index (χ2v) is 5.55. The van der Waals surface area contributed by atoms with Crippen molar-refractivity contribution in [1.29, 1.82) is 0 Å². The molecule has 0 atom stereocenters. The fourth-order valence-corrected chi connectivity index (χ4v) is 2.61. The van der Waals surface area contributed by atoms with Gasteiger partial charge in [-0.05, 0) is 36.6 Å². The molecule has 3 rings (SSSR count). The summed E-state index contributed by atoms with van der Waals surface area (Å²) in [7, 11) is 0. The van der Waals surface area contributed by atoms with Gasteiger partial charge in [-0.2, -0.15) is 0 Å². The smallest absolute Gasteiger partial charge is 0.274 e. The van der Waals surface area contributed by atoms with Gasteiger partial charge in [0.2, 0.25) is 0 Å². The largest absolute Gasteiger partial charge is 0.321 e. The second-order valence-electron chi connectivity index (χ2n) is 4.67. The summed E-state index contributed by atoms with van der Waals surface area (Å²) in [4.78, 5) is 17.7. The molecule has 0 fully saturated rings. The summed E-state index contributed by atoms with van der Waals surface area (Å²) in [6.45, 7) is 0. The van der Waals surface area contributed by atoms with E-state index in [1.807, 2.05) is 60.9 Å². The fourth-order valence-electron chi connectivity index (χ4n) is 2.15. The first-order chi connectivity index (χ1) is 10.8. The van der Waals surface area contributed by atoms with Crippen LogP contribution in [0.5, 0.6) is 0 Å². The van der Waals surface area contributed by atoms with Crippen molar-refractivity contribution in [3.63, 3.8) is 0 Å². The van der Waals surface area contributed by atoms with E-state index in [-0.39, 0.29) is 5.91 Å². The van der Waals surface area contributed by atoms with E-state index in [2.05, 4.69) is 10.3 Å². The van der Waals surface area contributed by atoms with Gasteiger partial charge in [0.05, 0.1) is 12.5 Å². The average Bonchev–Trinajstić information content (AvgIpc) is 3.05. The van der Waals surface area contributed by atoms with Crippen LogP contribution in [0.3, 0.4) is 0 Å². The third kappa shape index (κ3) is 3.04. The molecule has 1 aromatic heterocycles. The van der Waals surface area contributed by atoms with E-state index in [0.29, 0.717) is 5.69 Å². The van der Waals surface area contributed by atoms with Gasteiger partial charge in [0.15, 0.2) is 0 Å². The molecule has 0 bridgehead atoms. The van der Waals surface area contributed by atoms with Crippen molar-refractivity contribution in [1.82, 2.24) is 9.55 Å². The maximum absolute atomic E-state index is 12.5. The van der Waals surface area contributed by atoms with Crippen molar-refractivity contribution >= 4 is 23.4 Å². The molecule has 4 nitrogen and oxygen atoms in total. The van der Waals surface area contributed by atoms with Crippen molar-refractivity contribution in [2.45, 2.75) is 4.90 Å². The Balaban J connectivity index is 1.86. The van der Waals surface area contributed by atoms with Gasteiger partial charge in [-0.25, -0.2) is 4.98 Å². The predicted molar refractivity (Wildman–Crippen MR) is 89.7 cm³/mol. The molecule has 110 valence electrons. The summed E-state index contributed by atoms with van der Waals surface area (Å²) in [5, 5.41) is 2.92. The van der Waals surface area contributed by atoms with Crippen LogP contribution < -0.4 is 5.32 Å². The normalized spacial score (nSPS) is 10.4. The number of carbonyl (C=O) groups excluding carboxylic acids is 1. The Hall–Kier alpha value is -2.53. The second kappa shape index (κ2) is 6.49. The number of amides is 1. The number of nitrogens with one attached hydrogen (secondary N) is 1. The number of hydrogen-bond acceptors (Lipinski definition) is 3. The Morgan fingerprint density at radius 1 is 1.14 bits per heavy atom. The topological polar surface area (TPSA) is 46.9 Å². The summed E-state index contributed by atoms with van der Waals surface area (Å²) in [6.07, 6.45) is 5.22. The lowest BCUT2D eigenvalue weighted by Crippen LogP contribution is -2.16. The number of thioether (sulfide) groups is 1. The number of benzene rings is 2. The molecule has 0 aliphatic heterocycles. The third-order valence-electron chi connectivity index (χ3n) is 3.23. The van der Waals surface area contributed by atoms with Gasteiger partial charge in [0, 0.05) is 16.3 Å². The minimum atomic E-state index is -0.181. The highest BCUT2D eigenvalue weighted by Crippen LogP contribution is 2.20. The fraction of sp³-hybridized carbons (Fsp3) is 0.0588. The van der Waals surface area contributed by atoms with E-state index in [4.69, 9.17) is 0 Å². The molecule has 0 radical (unpaired) electrons. The van der Waals surface area contributed by atoms with Crippen LogP contribution in [0.15, 0.2) is 72.0 Å². The van der Waals surface area contributed by atoms with Gasteiger partial charge < -0.3 is 5.32 Å². The molecule has 1 amide bonds. The molecule has 22 heavy (non-hydrogen) atoms. The monoisotopic (exact) mass is 309 g/mol. The molecule has 0 saturated carbocycles. The molecule has 0 aliphatic carbocycles. The standard InChI is InChI=1S/C17H15N3OS/c1-22-15-9-5-6-13(10-15)19-17(21)16-11-18-12-20(16)14-7-3-2-4-8-14/h2-12H,1H3,(H,19,21). The summed E-state index contributed by atoms with van der Waals surface area (Å²) in [6, 6.07) is 17.4. The minimum absolute atomic E-state index is 0.181. The number of para-hydroxylation sites is 1. The maximum Gasteiger partial charge on any atom is 0.274 e. The number of imidazole rings is 1. The van der Waals surface area contributed by atoms with Crippen LogP contribution in [-0.2, 0) is 0 Å². The lowest BCUT2D eigenvalue weighted by atomic mass is 10.3. The summed E-state index contributed by atoms with van der Waals surface area (Å²) < 4.78 is 1.77. The first-order valence-electron chi connectivity index (χ1n) is 6.81. The quantitative estimate of drug-likeness (QED) is 0.745. The van der Waals surface area contributed by atoms with Crippen molar-refractivity contribution in [3.8, 4) is 5.69 Å². The van der Waals surface area contributed by atoms with Crippen molar-refractivity contribution in [2.75, 3.05) is 11.6 Å². The Morgan fingerprint density at radius 2 is 1.95 bits per heavy atom. The van der Waals surface area contributed by atoms with Gasteiger partial charge in [-0.3, -0.25) is 9.36 Å². The van der Waals surface area contributed by atoms with Crippen molar-refractivity contribution in [2.24, 2.45) is 0 Å². The molecule has 0 saturated heterocycles. The molecule has 1 heterocycles. The van der Waals surface area contributed by atoms with Gasteiger partial charge in [-0.1, -0.05) is 24.3 Å². The number of aromatic nitrogens is 2. The lowest BCUT2D eigenvalue weighted by molar-refractivity contribution is 0.102. The molecule has 0 unspecified atom stereocenters. The number of hydrogen-bond donors (Lipinski definition) is 1. The highest BCUT2D eigenvalue weighted by molar-refractivity contribution is 7.98. The Labute approximate surface area is 133 Å². The zero-order chi connectivity index (χ0) is 15.4. The number of nitrogens with zero attached hydrogens (tertiary/aromatic N) is 2. The molecule has 0 spiro atoms. The third-order valence-corrected chi connectivity index (χ3v) is 3.96. The van der Waals surface area contributed by atoms with E-state index < -0.39 is 0 Å². The molecular formula is C17H15N3OS. The number of carbonyl (C=O) groups is 1. The zero-order valence-electron chi connectivity index (χ0n) is 12.1. The number of anilines is 1. The predicted octanol–water partition coefficient (Wildman–Crippen LogP) is 3.85. The maximum atomic E-state index is 12.5. The van der Waals surface area contributed by atoms with Crippen LogP contribution in [0.4, 0.5) is 5.69 Å². The van der Waals surface area contributed by atoms with E-state index in [9.17, 15) is 4.79 Å². The van der Waals surface area contributed by atoms with Gasteiger partial charge >= 0.3 is 0 Å². The Morgan fingerprint density at radius 3 is 2.73 bits per heavy atom. The molecule has 2 aromatic carbocycles. The van der Waals surface area contributed by atoms with Crippen LogP contribution >= 0.6 is 11.8 Å². The van der Waals surface area contributed by atoms with Crippen LogP contribution in [0.1, 0.15) is 10.5 Å². The van der Waals surface area contributed by atoms with E-state index in [1.54, 1.807) is 28.9 Å². The van der Waals surface area contributed by atoms with Gasteiger partial charge in [0.25, 0.3) is 5.91 Å². The minimum Gasteiger partial charge on any atom is -0.321 e. The van der Waals surface area contributed by atoms with Crippen LogP contribution in [0, 0.1) is 0 Å². The van der Waals surface area contributed by atoms with Crippen LogP contribution in [-0.4, -0.2) is 21.7 Å². The highest BCUT2D eigenvalue weighted by atomic mass is 32.2. The Kier molecular flexibility index (Phi) is 4.25. The van der Waals surface area contributed by atoms with E-state index in [1.165, 1.54) is 0 Å². The zero-order valence-corrected chi connectivity index (χ0v) is 12.9. The highest BCUT2D eigenvalue weighted by Gasteiger charge is 2.13. The van der Waals surface area contributed by atoms with Gasteiger partial charge in [-0.15, -0.1) is 11.8 Å². The van der Waals surface area contributed by atoms with Gasteiger partial charge in [0.1, 0.15) is 5.69 Å². The lowest BCUT2D eigenvalue weighted by Gasteiger charge is -2.09. The average molecular weight is 309 g/mol. The molecule has 0 aliphatic rings. The first-order valence-corrected chi connectivity index (χ1v) is 8.03. The summed E-state index contributed by atoms with van der Waals surface area (Å²) in [5.74, 6) is -0.181. The molecule has 1 N–H and O–H groups in total. The summed E-state index contributed by atoms with van der Waals surface area (Å²) in [5.41, 5.74) is 2.18. The van der Waals surface area contributed by atoms with E-state index in [0.717, 1.165) is 16.3 Å². The van der Waals surface area contributed by atoms with Crippen LogP contribution in [0.2, 0.25) is 0 Å². The van der Waals surface area contributed by atoms with Crippen molar-refractivity contribution < 1.29 is 4.79 Å². The SMILES string of the molecule is CSc1cccc(NC(=O)c2cncn2-c2ccccc2)c1. The van der Waals surface area contributed by atoms with Crippen molar-refractivity contribution in [3.05, 3.63) is 72.8 Å². The molecule has 5 heteroatoms. The molecular weight excluding hydrogens is 294 g/mol. The first kappa shape index (κ1) is 14.4. The van der Waals surface area contributed by atoms with E-state index >= 15 is 0 Å². The van der Waals surface area contributed by atoms with Crippen LogP contribution in [0.25, 0.3) is 5.69 Å². The summed E-state index contributed by atoms with van der Waals surface area (Å²) >= 11 is 1.64.